The van der Waals surface area contributed by atoms with Crippen molar-refractivity contribution in [1.82, 2.24) is 0 Å². The normalized spacial score (nSPS) is 25.2. The van der Waals surface area contributed by atoms with Gasteiger partial charge >= 0.3 is 11.9 Å². The maximum absolute atomic E-state index is 11.9. The molecule has 1 aromatic rings. The van der Waals surface area contributed by atoms with Crippen molar-refractivity contribution in [1.29, 1.82) is 0 Å². The van der Waals surface area contributed by atoms with E-state index >= 15 is 0 Å². The number of rotatable bonds is 5. The predicted octanol–water partition coefficient (Wildman–Crippen LogP) is 1.33. The van der Waals surface area contributed by atoms with Crippen LogP contribution in [0.2, 0.25) is 0 Å². The molecular formula is C15H18O6. The molecule has 1 aliphatic heterocycles. The molecule has 1 aromatic carbocycles. The van der Waals surface area contributed by atoms with E-state index in [0.29, 0.717) is 18.4 Å². The van der Waals surface area contributed by atoms with Gasteiger partial charge in [-0.15, -0.1) is 0 Å². The number of hydrogen-bond donors (Lipinski definition) is 1. The van der Waals surface area contributed by atoms with Crippen LogP contribution in [0.1, 0.15) is 31.4 Å². The highest BCUT2D eigenvalue weighted by Crippen LogP contribution is 2.28. The van der Waals surface area contributed by atoms with Crippen molar-refractivity contribution >= 4 is 11.9 Å². The second-order valence-corrected chi connectivity index (χ2v) is 4.77. The summed E-state index contributed by atoms with van der Waals surface area (Å²) in [5.41, 5.74) is 0.639. The largest absolute Gasteiger partial charge is 0.466 e. The number of ether oxygens (including phenoxy) is 3. The van der Waals surface area contributed by atoms with E-state index in [1.807, 2.05) is 6.07 Å². The molecule has 1 saturated heterocycles. The topological polar surface area (TPSA) is 82.1 Å². The average molecular weight is 294 g/mol. The first kappa shape index (κ1) is 15.5. The zero-order valence-corrected chi connectivity index (χ0v) is 11.7. The lowest BCUT2D eigenvalue weighted by atomic mass is 10.1. The van der Waals surface area contributed by atoms with Gasteiger partial charge in [-0.05, 0) is 18.4 Å². The van der Waals surface area contributed by atoms with Crippen LogP contribution in [0, 0.1) is 0 Å². The van der Waals surface area contributed by atoms with Gasteiger partial charge in [-0.25, -0.2) is 4.79 Å². The SMILES string of the molecule is CC(=O)OCCC[C@@H]1OC(=O)[C@H](c2ccccc2)O[C@H]1O. The average Bonchev–Trinajstić information content (AvgIpc) is 2.47. The summed E-state index contributed by atoms with van der Waals surface area (Å²) in [4.78, 5) is 22.6. The number of aliphatic hydroxyl groups excluding tert-OH is 1. The number of cyclic esters (lactones) is 1. The smallest absolute Gasteiger partial charge is 0.340 e. The van der Waals surface area contributed by atoms with E-state index in [-0.39, 0.29) is 12.6 Å². The van der Waals surface area contributed by atoms with Crippen molar-refractivity contribution in [3.63, 3.8) is 0 Å². The molecule has 2 rings (SSSR count). The molecule has 0 unspecified atom stereocenters. The molecular weight excluding hydrogens is 276 g/mol. The number of aliphatic hydroxyl groups is 1. The molecule has 1 fully saturated rings. The first-order valence-electron chi connectivity index (χ1n) is 6.80. The van der Waals surface area contributed by atoms with Gasteiger partial charge in [-0.2, -0.15) is 0 Å². The van der Waals surface area contributed by atoms with Crippen LogP contribution in [0.25, 0.3) is 0 Å². The van der Waals surface area contributed by atoms with Crippen molar-refractivity contribution in [2.75, 3.05) is 6.61 Å². The number of hydrogen-bond acceptors (Lipinski definition) is 6. The summed E-state index contributed by atoms with van der Waals surface area (Å²) in [5.74, 6) is -0.888. The third-order valence-electron chi connectivity index (χ3n) is 3.12. The molecule has 1 aliphatic rings. The molecule has 0 spiro atoms. The Labute approximate surface area is 122 Å². The lowest BCUT2D eigenvalue weighted by molar-refractivity contribution is -0.249. The lowest BCUT2D eigenvalue weighted by Crippen LogP contribution is -2.43. The Morgan fingerprint density at radius 2 is 2.05 bits per heavy atom. The van der Waals surface area contributed by atoms with Gasteiger partial charge in [0.15, 0.2) is 18.5 Å². The fourth-order valence-corrected chi connectivity index (χ4v) is 2.10. The highest BCUT2D eigenvalue weighted by Gasteiger charge is 2.38. The van der Waals surface area contributed by atoms with Gasteiger partial charge in [0.25, 0.3) is 0 Å². The zero-order valence-electron chi connectivity index (χ0n) is 11.7. The predicted molar refractivity (Wildman–Crippen MR) is 72.0 cm³/mol. The Balaban J connectivity index is 1.87. The first-order valence-corrected chi connectivity index (χ1v) is 6.80. The van der Waals surface area contributed by atoms with E-state index in [2.05, 4.69) is 0 Å². The number of esters is 2. The van der Waals surface area contributed by atoms with Gasteiger partial charge in [0.1, 0.15) is 0 Å². The van der Waals surface area contributed by atoms with Crippen LogP contribution >= 0.6 is 0 Å². The van der Waals surface area contributed by atoms with E-state index in [0.717, 1.165) is 0 Å². The van der Waals surface area contributed by atoms with Crippen molar-refractivity contribution in [3.05, 3.63) is 35.9 Å². The maximum Gasteiger partial charge on any atom is 0.340 e. The van der Waals surface area contributed by atoms with E-state index in [1.165, 1.54) is 6.92 Å². The van der Waals surface area contributed by atoms with Gasteiger partial charge < -0.3 is 19.3 Å². The van der Waals surface area contributed by atoms with Gasteiger partial charge in [0, 0.05) is 6.92 Å². The quantitative estimate of drug-likeness (QED) is 0.651. The molecule has 1 N–H and O–H groups in total. The van der Waals surface area contributed by atoms with Crippen LogP contribution in [0.4, 0.5) is 0 Å². The third kappa shape index (κ3) is 4.27. The van der Waals surface area contributed by atoms with Gasteiger partial charge in [-0.3, -0.25) is 4.79 Å². The second kappa shape index (κ2) is 7.19. The highest BCUT2D eigenvalue weighted by molar-refractivity contribution is 5.77. The first-order chi connectivity index (χ1) is 10.1. The molecule has 0 radical (unpaired) electrons. The maximum atomic E-state index is 11.9. The van der Waals surface area contributed by atoms with Crippen LogP contribution in [0.15, 0.2) is 30.3 Å². The fourth-order valence-electron chi connectivity index (χ4n) is 2.10. The van der Waals surface area contributed by atoms with Crippen LogP contribution in [0.5, 0.6) is 0 Å². The number of carbonyl (C=O) groups is 2. The molecule has 0 amide bonds. The second-order valence-electron chi connectivity index (χ2n) is 4.77. The van der Waals surface area contributed by atoms with E-state index < -0.39 is 24.5 Å². The molecule has 0 aromatic heterocycles. The molecule has 6 nitrogen and oxygen atoms in total. The van der Waals surface area contributed by atoms with Crippen molar-refractivity contribution in [2.24, 2.45) is 0 Å². The molecule has 1 heterocycles. The number of benzene rings is 1. The minimum atomic E-state index is -1.19. The highest BCUT2D eigenvalue weighted by atomic mass is 16.7. The Morgan fingerprint density at radius 1 is 1.33 bits per heavy atom. The Kier molecular flexibility index (Phi) is 5.30. The summed E-state index contributed by atoms with van der Waals surface area (Å²) in [6.45, 7) is 1.54. The van der Waals surface area contributed by atoms with Crippen molar-refractivity contribution < 1.29 is 28.9 Å². The summed E-state index contributed by atoms with van der Waals surface area (Å²) >= 11 is 0. The fraction of sp³-hybridized carbons (Fsp3) is 0.467. The van der Waals surface area contributed by atoms with Crippen molar-refractivity contribution in [3.8, 4) is 0 Å². The summed E-state index contributed by atoms with van der Waals surface area (Å²) in [5, 5.41) is 9.92. The van der Waals surface area contributed by atoms with Crippen LogP contribution in [0.3, 0.4) is 0 Å². The molecule has 114 valence electrons. The van der Waals surface area contributed by atoms with Gasteiger partial charge in [-0.1, -0.05) is 30.3 Å². The van der Waals surface area contributed by atoms with Gasteiger partial charge in [0.2, 0.25) is 0 Å². The Bertz CT molecular complexity index is 486. The number of carbonyl (C=O) groups excluding carboxylic acids is 2. The molecule has 3 atom stereocenters. The van der Waals surface area contributed by atoms with Crippen LogP contribution < -0.4 is 0 Å². The lowest BCUT2D eigenvalue weighted by Gasteiger charge is -2.32. The van der Waals surface area contributed by atoms with Crippen molar-refractivity contribution in [2.45, 2.75) is 38.3 Å². The standard InChI is InChI=1S/C15H18O6/c1-10(16)19-9-5-8-12-14(17)21-13(15(18)20-12)11-6-3-2-4-7-11/h2-4,6-7,12-14,17H,5,8-9H2,1H3/t12-,13-,14+/m0/s1. The Morgan fingerprint density at radius 3 is 2.71 bits per heavy atom. The zero-order chi connectivity index (χ0) is 15.2. The van der Waals surface area contributed by atoms with E-state index in [9.17, 15) is 14.7 Å². The van der Waals surface area contributed by atoms with E-state index in [4.69, 9.17) is 14.2 Å². The van der Waals surface area contributed by atoms with E-state index in [1.54, 1.807) is 24.3 Å². The minimum Gasteiger partial charge on any atom is -0.466 e. The summed E-state index contributed by atoms with van der Waals surface area (Å²) < 4.78 is 15.4. The third-order valence-corrected chi connectivity index (χ3v) is 3.12. The van der Waals surface area contributed by atoms with Crippen LogP contribution in [-0.2, 0) is 23.8 Å². The molecule has 6 heteroatoms. The summed E-state index contributed by atoms with van der Waals surface area (Å²) in [6, 6.07) is 8.86. The molecule has 0 saturated carbocycles. The Hall–Kier alpha value is -1.92. The molecule has 21 heavy (non-hydrogen) atoms. The summed E-state index contributed by atoms with van der Waals surface area (Å²) in [6.07, 6.45) is -2.00. The van der Waals surface area contributed by atoms with Crippen LogP contribution in [-0.4, -0.2) is 36.0 Å². The molecule has 0 aliphatic carbocycles. The summed E-state index contributed by atoms with van der Waals surface area (Å²) in [7, 11) is 0. The minimum absolute atomic E-state index is 0.220. The monoisotopic (exact) mass is 294 g/mol. The van der Waals surface area contributed by atoms with Gasteiger partial charge in [0.05, 0.1) is 6.61 Å². The molecule has 0 bridgehead atoms.